The molecule has 4 aromatic carbocycles. The highest BCUT2D eigenvalue weighted by molar-refractivity contribution is 5.90. The monoisotopic (exact) mass is 413 g/mol. The highest BCUT2D eigenvalue weighted by Crippen LogP contribution is 2.41. The van der Waals surface area contributed by atoms with Crippen LogP contribution in [0.15, 0.2) is 115 Å². The number of benzene rings is 4. The van der Waals surface area contributed by atoms with Crippen LogP contribution in [-0.4, -0.2) is 4.57 Å². The number of aryl methyl sites for hydroxylation is 1. The zero-order valence-corrected chi connectivity index (χ0v) is 18.6. The molecule has 0 aliphatic heterocycles. The van der Waals surface area contributed by atoms with Crippen molar-refractivity contribution in [3.05, 3.63) is 121 Å². The summed E-state index contributed by atoms with van der Waals surface area (Å²) in [6, 6.07) is 41.4. The Hall–Kier alpha value is -3.84. The number of aromatic nitrogens is 1. The van der Waals surface area contributed by atoms with E-state index >= 15 is 0 Å². The third-order valence-electron chi connectivity index (χ3n) is 6.08. The smallest absolute Gasteiger partial charge is 0.0564 e. The van der Waals surface area contributed by atoms with E-state index in [2.05, 4.69) is 134 Å². The molecule has 5 rings (SSSR count). The molecule has 0 aliphatic carbocycles. The quantitative estimate of drug-likeness (QED) is 0.272. The molecule has 32 heavy (non-hydrogen) atoms. The Labute approximate surface area is 190 Å². The first-order chi connectivity index (χ1) is 15.8. The molecule has 156 valence electrons. The standard InChI is InChI=1S/C31H27N/c1-3-32-30(28-20-11-10-19-27(28)26-18-12-13-23(2)21-26)22-29(24-14-6-4-7-15-24)31(32)25-16-8-5-9-17-25/h4-22H,3H2,1-2H3. The topological polar surface area (TPSA) is 4.93 Å². The first-order valence-electron chi connectivity index (χ1n) is 11.3. The average Bonchev–Trinajstić information content (AvgIpc) is 3.25. The van der Waals surface area contributed by atoms with Crippen molar-refractivity contribution in [3.8, 4) is 44.8 Å². The van der Waals surface area contributed by atoms with Gasteiger partial charge < -0.3 is 4.57 Å². The fraction of sp³-hybridized carbons (Fsp3) is 0.0968. The predicted octanol–water partition coefficient (Wildman–Crippen LogP) is 8.48. The molecule has 0 saturated carbocycles. The summed E-state index contributed by atoms with van der Waals surface area (Å²) in [6.07, 6.45) is 0. The summed E-state index contributed by atoms with van der Waals surface area (Å²) in [5, 5.41) is 0. The van der Waals surface area contributed by atoms with Crippen molar-refractivity contribution in [1.82, 2.24) is 4.57 Å². The van der Waals surface area contributed by atoms with E-state index in [4.69, 9.17) is 0 Å². The van der Waals surface area contributed by atoms with E-state index in [0.717, 1.165) is 6.54 Å². The van der Waals surface area contributed by atoms with E-state index in [0.29, 0.717) is 0 Å². The van der Waals surface area contributed by atoms with Gasteiger partial charge in [-0.25, -0.2) is 0 Å². The minimum atomic E-state index is 0.897. The summed E-state index contributed by atoms with van der Waals surface area (Å²) in [5.41, 5.74) is 11.3. The molecule has 0 fully saturated rings. The highest BCUT2D eigenvalue weighted by Gasteiger charge is 2.20. The molecule has 0 bridgehead atoms. The maximum absolute atomic E-state index is 2.46. The molecule has 0 spiro atoms. The Bertz CT molecular complexity index is 1340. The van der Waals surface area contributed by atoms with Crippen molar-refractivity contribution in [2.24, 2.45) is 0 Å². The summed E-state index contributed by atoms with van der Waals surface area (Å²) in [5.74, 6) is 0. The molecule has 1 heteroatoms. The van der Waals surface area contributed by atoms with Crippen molar-refractivity contribution < 1.29 is 0 Å². The number of rotatable bonds is 5. The molecule has 0 N–H and O–H groups in total. The zero-order chi connectivity index (χ0) is 21.9. The molecule has 0 atom stereocenters. The molecule has 5 aromatic rings. The highest BCUT2D eigenvalue weighted by atomic mass is 15.0. The van der Waals surface area contributed by atoms with Crippen LogP contribution in [0, 0.1) is 6.92 Å². The van der Waals surface area contributed by atoms with Gasteiger partial charge in [-0.15, -0.1) is 0 Å². The van der Waals surface area contributed by atoms with E-state index in [9.17, 15) is 0 Å². The summed E-state index contributed by atoms with van der Waals surface area (Å²) < 4.78 is 2.46. The van der Waals surface area contributed by atoms with Gasteiger partial charge in [-0.2, -0.15) is 0 Å². The number of nitrogens with zero attached hydrogens (tertiary/aromatic N) is 1. The second kappa shape index (κ2) is 8.72. The van der Waals surface area contributed by atoms with Crippen LogP contribution >= 0.6 is 0 Å². The van der Waals surface area contributed by atoms with Gasteiger partial charge in [0.2, 0.25) is 0 Å². The Kier molecular flexibility index (Phi) is 5.47. The van der Waals surface area contributed by atoms with E-state index < -0.39 is 0 Å². The molecule has 0 amide bonds. The average molecular weight is 414 g/mol. The fourth-order valence-electron chi connectivity index (χ4n) is 4.62. The summed E-state index contributed by atoms with van der Waals surface area (Å²) >= 11 is 0. The Balaban J connectivity index is 1.80. The molecular weight excluding hydrogens is 386 g/mol. The van der Waals surface area contributed by atoms with Crippen LogP contribution in [0.25, 0.3) is 44.8 Å². The van der Waals surface area contributed by atoms with Crippen LogP contribution < -0.4 is 0 Å². The van der Waals surface area contributed by atoms with Crippen LogP contribution in [0.4, 0.5) is 0 Å². The maximum atomic E-state index is 2.46. The van der Waals surface area contributed by atoms with Gasteiger partial charge in [0.15, 0.2) is 0 Å². The molecule has 1 aromatic heterocycles. The van der Waals surface area contributed by atoms with Crippen LogP contribution in [-0.2, 0) is 6.54 Å². The lowest BCUT2D eigenvalue weighted by Gasteiger charge is -2.16. The van der Waals surface area contributed by atoms with Gasteiger partial charge in [0.05, 0.1) is 5.69 Å². The molecule has 0 unspecified atom stereocenters. The lowest BCUT2D eigenvalue weighted by atomic mass is 9.96. The Morgan fingerprint density at radius 2 is 1.12 bits per heavy atom. The van der Waals surface area contributed by atoms with Crippen molar-refractivity contribution in [1.29, 1.82) is 0 Å². The summed E-state index contributed by atoms with van der Waals surface area (Å²) in [4.78, 5) is 0. The lowest BCUT2D eigenvalue weighted by Crippen LogP contribution is -2.01. The Morgan fingerprint density at radius 3 is 1.78 bits per heavy atom. The van der Waals surface area contributed by atoms with E-state index in [1.54, 1.807) is 0 Å². The van der Waals surface area contributed by atoms with Crippen LogP contribution in [0.1, 0.15) is 12.5 Å². The van der Waals surface area contributed by atoms with Gasteiger partial charge in [0, 0.05) is 23.4 Å². The van der Waals surface area contributed by atoms with Crippen LogP contribution in [0.5, 0.6) is 0 Å². The largest absolute Gasteiger partial charge is 0.340 e. The first kappa shape index (κ1) is 20.1. The van der Waals surface area contributed by atoms with Crippen LogP contribution in [0.2, 0.25) is 0 Å². The molecule has 0 radical (unpaired) electrons. The second-order valence-corrected chi connectivity index (χ2v) is 8.18. The third kappa shape index (κ3) is 3.67. The van der Waals surface area contributed by atoms with Gasteiger partial charge in [0.1, 0.15) is 0 Å². The minimum Gasteiger partial charge on any atom is -0.340 e. The van der Waals surface area contributed by atoms with Gasteiger partial charge in [-0.05, 0) is 42.2 Å². The zero-order valence-electron chi connectivity index (χ0n) is 18.6. The summed E-state index contributed by atoms with van der Waals surface area (Å²) in [7, 11) is 0. The van der Waals surface area contributed by atoms with Crippen molar-refractivity contribution in [2.45, 2.75) is 20.4 Å². The first-order valence-corrected chi connectivity index (χ1v) is 11.3. The number of hydrogen-bond donors (Lipinski definition) is 0. The van der Waals surface area contributed by atoms with Crippen molar-refractivity contribution in [3.63, 3.8) is 0 Å². The molecular formula is C31H27N. The molecule has 1 heterocycles. The van der Waals surface area contributed by atoms with E-state index in [1.807, 2.05) is 0 Å². The molecule has 0 saturated heterocycles. The Morgan fingerprint density at radius 1 is 0.531 bits per heavy atom. The summed E-state index contributed by atoms with van der Waals surface area (Å²) in [6.45, 7) is 5.29. The van der Waals surface area contributed by atoms with Crippen LogP contribution in [0.3, 0.4) is 0 Å². The van der Waals surface area contributed by atoms with Crippen molar-refractivity contribution >= 4 is 0 Å². The normalized spacial score (nSPS) is 10.9. The van der Waals surface area contributed by atoms with Gasteiger partial charge in [-0.3, -0.25) is 0 Å². The molecule has 1 nitrogen and oxygen atoms in total. The lowest BCUT2D eigenvalue weighted by molar-refractivity contribution is 0.785. The van der Waals surface area contributed by atoms with E-state index in [-0.39, 0.29) is 0 Å². The third-order valence-corrected chi connectivity index (χ3v) is 6.08. The fourth-order valence-corrected chi connectivity index (χ4v) is 4.62. The van der Waals surface area contributed by atoms with Gasteiger partial charge >= 0.3 is 0 Å². The second-order valence-electron chi connectivity index (χ2n) is 8.18. The molecule has 0 aliphatic rings. The maximum Gasteiger partial charge on any atom is 0.0564 e. The SMILES string of the molecule is CCn1c(-c2ccccc2-c2cccc(C)c2)cc(-c2ccccc2)c1-c1ccccc1. The number of hydrogen-bond acceptors (Lipinski definition) is 0. The van der Waals surface area contributed by atoms with Gasteiger partial charge in [-0.1, -0.05) is 115 Å². The minimum absolute atomic E-state index is 0.897. The van der Waals surface area contributed by atoms with E-state index in [1.165, 1.54) is 50.3 Å². The van der Waals surface area contributed by atoms with Gasteiger partial charge in [0.25, 0.3) is 0 Å². The predicted molar refractivity (Wildman–Crippen MR) is 137 cm³/mol. The van der Waals surface area contributed by atoms with Crippen molar-refractivity contribution in [2.75, 3.05) is 0 Å².